The van der Waals surface area contributed by atoms with Gasteiger partial charge in [0.2, 0.25) is 10.0 Å². The van der Waals surface area contributed by atoms with E-state index in [0.717, 1.165) is 17.8 Å². The fourth-order valence-electron chi connectivity index (χ4n) is 1.75. The molecule has 2 rings (SSSR count). The van der Waals surface area contributed by atoms with Crippen LogP contribution < -0.4 is 10.0 Å². The lowest BCUT2D eigenvalue weighted by Crippen LogP contribution is -2.29. The summed E-state index contributed by atoms with van der Waals surface area (Å²) in [5.74, 6) is 0.555. The Bertz CT molecular complexity index is 792. The van der Waals surface area contributed by atoms with Crippen LogP contribution >= 0.6 is 0 Å². The second kappa shape index (κ2) is 7.11. The number of hydrogen-bond acceptors (Lipinski definition) is 7. The van der Waals surface area contributed by atoms with Crippen LogP contribution in [0.5, 0.6) is 0 Å². The second-order valence-electron chi connectivity index (χ2n) is 4.62. The van der Waals surface area contributed by atoms with Crippen LogP contribution in [-0.2, 0) is 10.0 Å². The van der Waals surface area contributed by atoms with Gasteiger partial charge >= 0.3 is 0 Å². The van der Waals surface area contributed by atoms with E-state index < -0.39 is 14.9 Å². The van der Waals surface area contributed by atoms with E-state index in [0.29, 0.717) is 12.4 Å². The minimum Gasteiger partial charge on any atom is -0.367 e. The van der Waals surface area contributed by atoms with E-state index in [1.54, 1.807) is 13.1 Å². The topological polar surface area (TPSA) is 127 Å². The highest BCUT2D eigenvalue weighted by atomic mass is 32.2. The number of aryl methyl sites for hydroxylation is 1. The van der Waals surface area contributed by atoms with Gasteiger partial charge in [-0.05, 0) is 19.1 Å². The van der Waals surface area contributed by atoms with Crippen LogP contribution in [0.1, 0.15) is 5.69 Å². The molecule has 23 heavy (non-hydrogen) atoms. The van der Waals surface area contributed by atoms with Crippen molar-refractivity contribution in [1.29, 1.82) is 0 Å². The maximum absolute atomic E-state index is 12.0. The molecule has 0 fully saturated rings. The molecule has 0 aliphatic rings. The van der Waals surface area contributed by atoms with Crippen LogP contribution in [-0.4, -0.2) is 36.4 Å². The molecule has 1 aromatic heterocycles. The number of nitrogens with one attached hydrogen (secondary N) is 2. The summed E-state index contributed by atoms with van der Waals surface area (Å²) in [5, 5.41) is 13.5. The highest BCUT2D eigenvalue weighted by Crippen LogP contribution is 2.15. The molecule has 1 aromatic carbocycles. The molecule has 0 unspecified atom stereocenters. The number of sulfonamides is 1. The third-order valence-corrected chi connectivity index (χ3v) is 4.31. The monoisotopic (exact) mass is 337 g/mol. The number of aromatic nitrogens is 2. The van der Waals surface area contributed by atoms with Crippen molar-refractivity contribution < 1.29 is 13.3 Å². The molecule has 2 N–H and O–H groups in total. The van der Waals surface area contributed by atoms with Gasteiger partial charge in [0, 0.05) is 31.4 Å². The third-order valence-electron chi connectivity index (χ3n) is 2.84. The van der Waals surface area contributed by atoms with Crippen molar-refractivity contribution >= 4 is 21.5 Å². The van der Waals surface area contributed by atoms with E-state index >= 15 is 0 Å². The molecule has 10 heteroatoms. The van der Waals surface area contributed by atoms with Gasteiger partial charge in [-0.15, -0.1) is 0 Å². The lowest BCUT2D eigenvalue weighted by molar-refractivity contribution is -0.384. The molecule has 0 amide bonds. The van der Waals surface area contributed by atoms with E-state index in [1.807, 2.05) is 0 Å². The molecule has 0 radical (unpaired) electrons. The number of hydrogen-bond donors (Lipinski definition) is 2. The molecule has 0 saturated carbocycles. The summed E-state index contributed by atoms with van der Waals surface area (Å²) in [6.07, 6.45) is 3.15. The van der Waals surface area contributed by atoms with Crippen molar-refractivity contribution in [3.05, 3.63) is 52.5 Å². The summed E-state index contributed by atoms with van der Waals surface area (Å²) in [6.45, 7) is 2.26. The van der Waals surface area contributed by atoms with Crippen LogP contribution in [0.15, 0.2) is 41.6 Å². The van der Waals surface area contributed by atoms with Crippen molar-refractivity contribution in [3.8, 4) is 0 Å². The Morgan fingerprint density at radius 2 is 1.87 bits per heavy atom. The van der Waals surface area contributed by atoms with Crippen molar-refractivity contribution in [2.75, 3.05) is 18.4 Å². The van der Waals surface area contributed by atoms with Gasteiger partial charge in [-0.25, -0.2) is 18.1 Å². The summed E-state index contributed by atoms with van der Waals surface area (Å²) >= 11 is 0. The van der Waals surface area contributed by atoms with E-state index in [1.165, 1.54) is 18.3 Å². The first-order valence-corrected chi connectivity index (χ1v) is 8.13. The van der Waals surface area contributed by atoms with Crippen LogP contribution in [0.25, 0.3) is 0 Å². The van der Waals surface area contributed by atoms with Gasteiger partial charge in [-0.1, -0.05) is 0 Å². The number of nitro benzene ring substituents is 1. The number of rotatable bonds is 7. The van der Waals surface area contributed by atoms with Crippen molar-refractivity contribution in [2.24, 2.45) is 0 Å². The summed E-state index contributed by atoms with van der Waals surface area (Å²) in [5.41, 5.74) is 0.588. The first kappa shape index (κ1) is 16.8. The fourth-order valence-corrected chi connectivity index (χ4v) is 2.79. The predicted molar refractivity (Wildman–Crippen MR) is 83.5 cm³/mol. The van der Waals surface area contributed by atoms with Crippen LogP contribution in [0.3, 0.4) is 0 Å². The minimum atomic E-state index is -3.71. The Kier molecular flexibility index (Phi) is 5.19. The van der Waals surface area contributed by atoms with E-state index in [2.05, 4.69) is 20.0 Å². The first-order valence-electron chi connectivity index (χ1n) is 6.65. The maximum atomic E-state index is 12.0. The van der Waals surface area contributed by atoms with Gasteiger partial charge in [0.1, 0.15) is 5.82 Å². The Labute approximate surface area is 133 Å². The van der Waals surface area contributed by atoms with Crippen molar-refractivity contribution in [2.45, 2.75) is 11.8 Å². The van der Waals surface area contributed by atoms with Crippen LogP contribution in [0.2, 0.25) is 0 Å². The molecule has 0 saturated heterocycles. The molecular formula is C13H15N5O4S. The number of nitrogens with zero attached hydrogens (tertiary/aromatic N) is 3. The fraction of sp³-hybridized carbons (Fsp3) is 0.231. The van der Waals surface area contributed by atoms with E-state index in [4.69, 9.17) is 0 Å². The largest absolute Gasteiger partial charge is 0.367 e. The lowest BCUT2D eigenvalue weighted by Gasteiger charge is -2.08. The normalized spacial score (nSPS) is 11.2. The van der Waals surface area contributed by atoms with Gasteiger partial charge in [0.15, 0.2) is 0 Å². The number of anilines is 1. The summed E-state index contributed by atoms with van der Waals surface area (Å²) in [6, 6.07) is 4.68. The average Bonchev–Trinajstić information content (AvgIpc) is 2.52. The van der Waals surface area contributed by atoms with Gasteiger partial charge in [0.25, 0.3) is 5.69 Å². The van der Waals surface area contributed by atoms with Crippen molar-refractivity contribution in [3.63, 3.8) is 0 Å². The Hall–Kier alpha value is -2.59. The molecule has 1 heterocycles. The highest BCUT2D eigenvalue weighted by Gasteiger charge is 2.15. The molecule has 122 valence electrons. The maximum Gasteiger partial charge on any atom is 0.269 e. The highest BCUT2D eigenvalue weighted by molar-refractivity contribution is 7.89. The predicted octanol–water partition coefficient (Wildman–Crippen LogP) is 1.08. The van der Waals surface area contributed by atoms with Crippen molar-refractivity contribution in [1.82, 2.24) is 14.7 Å². The number of non-ortho nitro benzene ring substituents is 1. The zero-order valence-corrected chi connectivity index (χ0v) is 13.1. The van der Waals surface area contributed by atoms with Crippen LogP contribution in [0.4, 0.5) is 11.5 Å². The lowest BCUT2D eigenvalue weighted by atomic mass is 10.3. The number of benzene rings is 1. The first-order chi connectivity index (χ1) is 10.9. The Balaban J connectivity index is 1.90. The third kappa shape index (κ3) is 4.69. The van der Waals surface area contributed by atoms with Gasteiger partial charge in [-0.2, -0.15) is 0 Å². The Morgan fingerprint density at radius 1 is 1.17 bits per heavy atom. The summed E-state index contributed by atoms with van der Waals surface area (Å²) < 4.78 is 26.5. The van der Waals surface area contributed by atoms with E-state index in [-0.39, 0.29) is 17.1 Å². The molecule has 0 atom stereocenters. The van der Waals surface area contributed by atoms with Gasteiger partial charge in [-0.3, -0.25) is 15.1 Å². The smallest absolute Gasteiger partial charge is 0.269 e. The Morgan fingerprint density at radius 3 is 2.48 bits per heavy atom. The quantitative estimate of drug-likeness (QED) is 0.439. The SMILES string of the molecule is Cc1cncc(NCCNS(=O)(=O)c2ccc([N+](=O)[O-])cc2)n1. The zero-order valence-electron chi connectivity index (χ0n) is 12.3. The standard InChI is InChI=1S/C13H15N5O4S/c1-10-8-14-9-13(17-10)15-6-7-16-23(21,22)12-4-2-11(3-5-12)18(19)20/h2-5,8-9,16H,6-7H2,1H3,(H,15,17). The molecule has 0 aliphatic carbocycles. The average molecular weight is 337 g/mol. The molecular weight excluding hydrogens is 322 g/mol. The van der Waals surface area contributed by atoms with E-state index in [9.17, 15) is 18.5 Å². The zero-order chi connectivity index (χ0) is 16.9. The molecule has 9 nitrogen and oxygen atoms in total. The van der Waals surface area contributed by atoms with Gasteiger partial charge < -0.3 is 5.32 Å². The van der Waals surface area contributed by atoms with Gasteiger partial charge in [0.05, 0.1) is 21.7 Å². The minimum absolute atomic E-state index is 0.0292. The molecule has 2 aromatic rings. The molecule has 0 aliphatic heterocycles. The summed E-state index contributed by atoms with van der Waals surface area (Å²) in [7, 11) is -3.71. The number of nitro groups is 1. The van der Waals surface area contributed by atoms with Crippen LogP contribution in [0, 0.1) is 17.0 Å². The second-order valence-corrected chi connectivity index (χ2v) is 6.39. The summed E-state index contributed by atoms with van der Waals surface area (Å²) in [4.78, 5) is 18.1. The molecule has 0 spiro atoms. The molecule has 0 bridgehead atoms.